The number of amides is 2. The van der Waals surface area contributed by atoms with Crippen LogP contribution in [0.25, 0.3) is 43.6 Å². The molecule has 5 aromatic rings. The van der Waals surface area contributed by atoms with Crippen LogP contribution in [0.2, 0.25) is 0 Å². The van der Waals surface area contributed by atoms with Crippen LogP contribution in [0.1, 0.15) is 37.6 Å². The number of para-hydroxylation sites is 2. The largest absolute Gasteiger partial charge is 0.374 e. The minimum absolute atomic E-state index is 0.139. The molecule has 4 heterocycles. The highest BCUT2D eigenvalue weighted by atomic mass is 16.6. The smallest absolute Gasteiger partial charge is 0.239 e. The fourth-order valence-corrected chi connectivity index (χ4v) is 7.75. The molecule has 0 unspecified atom stereocenters. The quantitative estimate of drug-likeness (QED) is 0.306. The summed E-state index contributed by atoms with van der Waals surface area (Å²) in [6, 6.07) is 15.8. The van der Waals surface area contributed by atoms with Gasteiger partial charge in [0.25, 0.3) is 0 Å². The first-order valence-electron chi connectivity index (χ1n) is 14.1. The zero-order valence-electron chi connectivity index (χ0n) is 24.0. The molecule has 1 fully saturated rings. The lowest BCUT2D eigenvalue weighted by Crippen LogP contribution is -2.62. The predicted molar refractivity (Wildman–Crippen MR) is 159 cm³/mol. The summed E-state index contributed by atoms with van der Waals surface area (Å²) in [5, 5.41) is 7.38. The fraction of sp³-hybridized carbons (Fsp3) is 0.375. The van der Waals surface area contributed by atoms with Crippen molar-refractivity contribution in [3.05, 3.63) is 59.7 Å². The van der Waals surface area contributed by atoms with Crippen LogP contribution >= 0.6 is 0 Å². The molecule has 2 amide bonds. The van der Waals surface area contributed by atoms with Crippen LogP contribution in [-0.4, -0.2) is 58.7 Å². The Morgan fingerprint density at radius 2 is 1.83 bits per heavy atom. The molecular weight excluding hydrogens is 518 g/mol. The maximum absolute atomic E-state index is 13.3. The van der Waals surface area contributed by atoms with Gasteiger partial charge >= 0.3 is 0 Å². The predicted octanol–water partition coefficient (Wildman–Crippen LogP) is 4.25. The number of carbonyl (C=O) groups is 2. The summed E-state index contributed by atoms with van der Waals surface area (Å²) in [4.78, 5) is 26.6. The van der Waals surface area contributed by atoms with Crippen LogP contribution in [0.5, 0.6) is 0 Å². The maximum Gasteiger partial charge on any atom is 0.239 e. The van der Waals surface area contributed by atoms with Gasteiger partial charge in [-0.15, -0.1) is 0 Å². The van der Waals surface area contributed by atoms with Gasteiger partial charge in [0.1, 0.15) is 12.3 Å². The first-order chi connectivity index (χ1) is 19.7. The lowest BCUT2D eigenvalue weighted by atomic mass is 9.91. The van der Waals surface area contributed by atoms with Gasteiger partial charge in [0.05, 0.1) is 34.2 Å². The average molecular weight is 554 g/mol. The number of aromatic nitrogens is 2. The number of nitrogens with one attached hydrogen (secondary N) is 1. The molecule has 1 saturated heterocycles. The number of benzene rings is 3. The lowest BCUT2D eigenvalue weighted by Gasteiger charge is -2.50. The van der Waals surface area contributed by atoms with E-state index in [1.54, 1.807) is 18.9 Å². The van der Waals surface area contributed by atoms with Crippen LogP contribution < -0.4 is 11.1 Å². The number of hydrogen-bond acceptors (Lipinski definition) is 5. The average Bonchev–Trinajstić information content (AvgIpc) is 3.47. The van der Waals surface area contributed by atoms with Crippen molar-refractivity contribution in [3.8, 4) is 0 Å². The van der Waals surface area contributed by atoms with E-state index >= 15 is 0 Å². The highest BCUT2D eigenvalue weighted by Crippen LogP contribution is 2.53. The number of methoxy groups -OCH3 is 1. The van der Waals surface area contributed by atoms with Crippen molar-refractivity contribution in [1.29, 1.82) is 0 Å². The van der Waals surface area contributed by atoms with Gasteiger partial charge in [-0.3, -0.25) is 9.59 Å². The summed E-state index contributed by atoms with van der Waals surface area (Å²) in [6.45, 7) is 6.33. The van der Waals surface area contributed by atoms with E-state index in [0.717, 1.165) is 61.1 Å². The van der Waals surface area contributed by atoms with E-state index < -0.39 is 17.9 Å². The number of ether oxygens (including phenoxy) is 2. The Morgan fingerprint density at radius 1 is 1.17 bits per heavy atom. The Labute approximate surface area is 237 Å². The molecule has 9 heteroatoms. The van der Waals surface area contributed by atoms with Crippen molar-refractivity contribution in [2.24, 2.45) is 5.73 Å². The van der Waals surface area contributed by atoms with Crippen molar-refractivity contribution in [1.82, 2.24) is 19.4 Å². The van der Waals surface area contributed by atoms with E-state index in [0.29, 0.717) is 13.0 Å². The third-order valence-electron chi connectivity index (χ3n) is 9.42. The van der Waals surface area contributed by atoms with Gasteiger partial charge in [0.15, 0.2) is 5.72 Å². The van der Waals surface area contributed by atoms with Gasteiger partial charge < -0.3 is 34.6 Å². The summed E-state index contributed by atoms with van der Waals surface area (Å²) < 4.78 is 18.1. The first kappa shape index (κ1) is 26.0. The standard InChI is InChI=1S/C32H35N5O4/c1-17-21(15-34-16-38)27-20-11-7-9-13-23(20)37-29(27)28-26(17)19-10-6-8-12-22(19)36(28)25-14-24(35(4)31(39)18(2)33)30(40-5)32(37,3)41-25/h6-13,16,18,24-25,30H,14-15,33H2,1-5H3,(H,34,38)/t18-,24+,25+,30+,32-/m0/s1. The summed E-state index contributed by atoms with van der Waals surface area (Å²) in [7, 11) is 3.50. The van der Waals surface area contributed by atoms with E-state index in [2.05, 4.69) is 64.7 Å². The second-order valence-electron chi connectivity index (χ2n) is 11.6. The molecule has 0 radical (unpaired) electrons. The number of rotatable bonds is 6. The number of fused-ring (bicyclic) bond motifs is 10. The zero-order chi connectivity index (χ0) is 28.8. The number of nitrogens with zero attached hydrogens (tertiary/aromatic N) is 3. The van der Waals surface area contributed by atoms with Crippen LogP contribution in [0.15, 0.2) is 48.5 Å². The second kappa shape index (κ2) is 9.04. The van der Waals surface area contributed by atoms with Crippen molar-refractivity contribution in [2.75, 3.05) is 14.2 Å². The van der Waals surface area contributed by atoms with Gasteiger partial charge in [-0.05, 0) is 44.0 Å². The monoisotopic (exact) mass is 553 g/mol. The Bertz CT molecular complexity index is 1890. The Morgan fingerprint density at radius 3 is 2.49 bits per heavy atom. The minimum Gasteiger partial charge on any atom is -0.374 e. The van der Waals surface area contributed by atoms with Crippen molar-refractivity contribution in [2.45, 2.75) is 63.9 Å². The van der Waals surface area contributed by atoms with Gasteiger partial charge in [-0.2, -0.15) is 0 Å². The maximum atomic E-state index is 13.3. The van der Waals surface area contributed by atoms with Crippen LogP contribution in [-0.2, 0) is 31.3 Å². The molecule has 2 aliphatic rings. The lowest BCUT2D eigenvalue weighted by molar-refractivity contribution is -0.266. The molecule has 2 aromatic heterocycles. The van der Waals surface area contributed by atoms with Crippen molar-refractivity contribution in [3.63, 3.8) is 0 Å². The molecule has 2 aliphatic heterocycles. The molecule has 212 valence electrons. The fourth-order valence-electron chi connectivity index (χ4n) is 7.75. The highest BCUT2D eigenvalue weighted by Gasteiger charge is 2.54. The second-order valence-corrected chi connectivity index (χ2v) is 11.6. The molecule has 2 bridgehead atoms. The van der Waals surface area contributed by atoms with E-state index in [1.807, 2.05) is 19.2 Å². The topological polar surface area (TPSA) is 104 Å². The van der Waals surface area contributed by atoms with Crippen LogP contribution in [0.4, 0.5) is 0 Å². The third-order valence-corrected chi connectivity index (χ3v) is 9.42. The van der Waals surface area contributed by atoms with Gasteiger partial charge in [-0.1, -0.05) is 36.4 Å². The number of hydrogen-bond donors (Lipinski definition) is 2. The molecule has 3 aromatic carbocycles. The van der Waals surface area contributed by atoms with E-state index in [-0.39, 0.29) is 18.2 Å². The van der Waals surface area contributed by atoms with E-state index in [1.165, 1.54) is 0 Å². The van der Waals surface area contributed by atoms with E-state index in [4.69, 9.17) is 15.2 Å². The Balaban J connectivity index is 1.69. The molecule has 0 saturated carbocycles. The minimum atomic E-state index is -0.978. The first-order valence-corrected chi connectivity index (χ1v) is 14.1. The van der Waals surface area contributed by atoms with Gasteiger partial charge in [-0.25, -0.2) is 0 Å². The zero-order valence-corrected chi connectivity index (χ0v) is 24.0. The highest BCUT2D eigenvalue weighted by molar-refractivity contribution is 6.25. The van der Waals surface area contributed by atoms with E-state index in [9.17, 15) is 9.59 Å². The number of likely N-dealkylation sites (N-methyl/N-ethyl adjacent to an activating group) is 1. The third kappa shape index (κ3) is 3.28. The molecule has 5 atom stereocenters. The molecule has 41 heavy (non-hydrogen) atoms. The summed E-state index contributed by atoms with van der Waals surface area (Å²) in [5.74, 6) is -0.139. The summed E-state index contributed by atoms with van der Waals surface area (Å²) >= 11 is 0. The Kier molecular flexibility index (Phi) is 5.74. The number of carbonyl (C=O) groups excluding carboxylic acids is 2. The molecule has 7 rings (SSSR count). The summed E-state index contributed by atoms with van der Waals surface area (Å²) in [6.07, 6.45) is 0.426. The normalized spacial score (nSPS) is 24.3. The number of aryl methyl sites for hydroxylation is 1. The van der Waals surface area contributed by atoms with Crippen LogP contribution in [0.3, 0.4) is 0 Å². The van der Waals surface area contributed by atoms with Gasteiger partial charge in [0, 0.05) is 48.7 Å². The van der Waals surface area contributed by atoms with Crippen molar-refractivity contribution >= 4 is 55.9 Å². The summed E-state index contributed by atoms with van der Waals surface area (Å²) in [5.41, 5.74) is 11.5. The van der Waals surface area contributed by atoms with Gasteiger partial charge in [0.2, 0.25) is 12.3 Å². The van der Waals surface area contributed by atoms with Crippen LogP contribution in [0, 0.1) is 6.92 Å². The molecule has 0 spiro atoms. The molecule has 0 aliphatic carbocycles. The molecule has 9 nitrogen and oxygen atoms in total. The van der Waals surface area contributed by atoms with Crippen molar-refractivity contribution < 1.29 is 19.1 Å². The molecular formula is C32H35N5O4. The SMILES string of the molecule is CO[C@@H]1[C@H](N(C)C(=O)[C@H](C)N)C[C@H]2O[C@]1(C)n1c3ccccc3c3c(CNC=O)c(C)c4c5ccccc5n2c4c31. The number of nitrogens with two attached hydrogens (primary N) is 1. The Hall–Kier alpha value is -3.92. The molecule has 3 N–H and O–H groups in total.